The highest BCUT2D eigenvalue weighted by molar-refractivity contribution is 6.37. The lowest BCUT2D eigenvalue weighted by atomic mass is 9.83. The Morgan fingerprint density at radius 3 is 1.96 bits per heavy atom. The SMILES string of the molecule is CC(C)C[C@@H]1C[C@@H](C(=O)NC(CC2CC2)C(=O)C(N)=O)N(C(=O)[C@@H](NC(=O)N[C@@H](C(=O)OC(C)(C)C)C(C)(C)C)C2CCCCC2)C1. The lowest BCUT2D eigenvalue weighted by Gasteiger charge is -2.36. The standard InChI is InChI=1S/C35H59N5O7/c1-20(2)16-22-18-25(30(43)37-24(17-21-14-15-21)27(41)29(36)42)40(19-22)31(44)26(23-12-10-9-11-13-23)38-33(46)39-28(34(3,4)5)32(45)47-35(6,7)8/h20-26,28H,9-19H2,1-8H3,(H2,36,42)(H,37,43)(H2,38,39,46)/t22-,24?,25+,26+,28+/m1/s1. The number of carbonyl (C=O) groups excluding carboxylic acids is 6. The van der Waals surface area contributed by atoms with E-state index in [0.29, 0.717) is 25.3 Å². The third-order valence-electron chi connectivity index (χ3n) is 9.38. The Bertz CT molecular complexity index is 1160. The van der Waals surface area contributed by atoms with Gasteiger partial charge in [0.15, 0.2) is 0 Å². The Labute approximate surface area is 280 Å². The second-order valence-corrected chi connectivity index (χ2v) is 16.5. The number of primary amides is 1. The number of likely N-dealkylation sites (tertiary alicyclic amines) is 1. The third kappa shape index (κ3) is 11.5. The summed E-state index contributed by atoms with van der Waals surface area (Å²) >= 11 is 0. The molecule has 1 heterocycles. The van der Waals surface area contributed by atoms with E-state index < -0.39 is 64.8 Å². The first kappa shape index (κ1) is 38.3. The lowest BCUT2D eigenvalue weighted by Crippen LogP contribution is -2.61. The number of Topliss-reactive ketones (excluding diaryl/α,β-unsaturated/α-hetero) is 1. The molecule has 2 aliphatic carbocycles. The van der Waals surface area contributed by atoms with E-state index in [1.807, 2.05) is 20.8 Å². The summed E-state index contributed by atoms with van der Waals surface area (Å²) in [5.41, 5.74) is 3.89. The van der Waals surface area contributed by atoms with Gasteiger partial charge in [0.1, 0.15) is 23.7 Å². The van der Waals surface area contributed by atoms with E-state index in [9.17, 15) is 28.8 Å². The van der Waals surface area contributed by atoms with Gasteiger partial charge in [-0.25, -0.2) is 9.59 Å². The summed E-state index contributed by atoms with van der Waals surface area (Å²) in [4.78, 5) is 81.1. The molecule has 1 aliphatic heterocycles. The van der Waals surface area contributed by atoms with Crippen LogP contribution in [0.15, 0.2) is 0 Å². The van der Waals surface area contributed by atoms with Crippen LogP contribution in [0.1, 0.15) is 120 Å². The van der Waals surface area contributed by atoms with Gasteiger partial charge in [0.05, 0.1) is 6.04 Å². The molecule has 0 radical (unpaired) electrons. The van der Waals surface area contributed by atoms with Crippen molar-refractivity contribution in [3.05, 3.63) is 0 Å². The van der Waals surface area contributed by atoms with E-state index in [-0.39, 0.29) is 23.7 Å². The van der Waals surface area contributed by atoms with Crippen molar-refractivity contribution in [2.24, 2.45) is 34.8 Å². The molecule has 5 N–H and O–H groups in total. The molecule has 266 valence electrons. The number of carbonyl (C=O) groups is 6. The fraction of sp³-hybridized carbons (Fsp3) is 0.829. The van der Waals surface area contributed by atoms with E-state index in [2.05, 4.69) is 29.8 Å². The van der Waals surface area contributed by atoms with Crippen LogP contribution in [0.2, 0.25) is 0 Å². The van der Waals surface area contributed by atoms with Gasteiger partial charge in [0.25, 0.3) is 5.91 Å². The van der Waals surface area contributed by atoms with E-state index in [4.69, 9.17) is 10.5 Å². The van der Waals surface area contributed by atoms with Crippen LogP contribution in [-0.4, -0.2) is 76.7 Å². The molecule has 2 saturated carbocycles. The summed E-state index contributed by atoms with van der Waals surface area (Å²) in [6.45, 7) is 15.3. The second kappa shape index (κ2) is 15.8. The van der Waals surface area contributed by atoms with Crippen LogP contribution in [0, 0.1) is 29.1 Å². The Kier molecular flexibility index (Phi) is 12.9. The molecular formula is C35H59N5O7. The number of ketones is 1. The molecule has 3 fully saturated rings. The second-order valence-electron chi connectivity index (χ2n) is 16.5. The topological polar surface area (TPSA) is 177 Å². The van der Waals surface area contributed by atoms with Gasteiger partial charge in [-0.15, -0.1) is 0 Å². The maximum Gasteiger partial charge on any atom is 0.329 e. The first-order chi connectivity index (χ1) is 21.8. The highest BCUT2D eigenvalue weighted by atomic mass is 16.6. The molecule has 0 bridgehead atoms. The van der Waals surface area contributed by atoms with Crippen molar-refractivity contribution in [2.75, 3.05) is 6.54 Å². The van der Waals surface area contributed by atoms with Crippen LogP contribution >= 0.6 is 0 Å². The third-order valence-corrected chi connectivity index (χ3v) is 9.38. The Balaban J connectivity index is 1.87. The summed E-state index contributed by atoms with van der Waals surface area (Å²) in [6, 6.07) is -4.45. The molecule has 5 atom stereocenters. The average molecular weight is 662 g/mol. The number of amides is 5. The number of hydrogen-bond acceptors (Lipinski definition) is 7. The van der Waals surface area contributed by atoms with E-state index in [0.717, 1.165) is 51.4 Å². The number of ether oxygens (including phenoxy) is 1. The molecule has 12 heteroatoms. The van der Waals surface area contributed by atoms with Gasteiger partial charge in [0.2, 0.25) is 17.6 Å². The highest BCUT2D eigenvalue weighted by Gasteiger charge is 2.46. The van der Waals surface area contributed by atoms with Crippen molar-refractivity contribution < 1.29 is 33.5 Å². The molecule has 0 aromatic carbocycles. The van der Waals surface area contributed by atoms with Crippen molar-refractivity contribution in [3.8, 4) is 0 Å². The molecule has 3 rings (SSSR count). The highest BCUT2D eigenvalue weighted by Crippen LogP contribution is 2.35. The molecule has 0 aromatic heterocycles. The van der Waals surface area contributed by atoms with Crippen LogP contribution in [0.5, 0.6) is 0 Å². The van der Waals surface area contributed by atoms with Gasteiger partial charge >= 0.3 is 12.0 Å². The number of nitrogens with zero attached hydrogens (tertiary/aromatic N) is 1. The molecule has 12 nitrogen and oxygen atoms in total. The number of urea groups is 1. The number of esters is 1. The minimum absolute atomic E-state index is 0.0432. The van der Waals surface area contributed by atoms with Crippen LogP contribution in [-0.2, 0) is 28.7 Å². The molecule has 0 spiro atoms. The van der Waals surface area contributed by atoms with Gasteiger partial charge < -0.3 is 31.3 Å². The molecule has 0 aromatic rings. The fourth-order valence-electron chi connectivity index (χ4n) is 6.94. The average Bonchev–Trinajstić information content (AvgIpc) is 3.68. The molecule has 1 unspecified atom stereocenters. The van der Waals surface area contributed by atoms with Gasteiger partial charge in [-0.3, -0.25) is 19.2 Å². The summed E-state index contributed by atoms with van der Waals surface area (Å²) in [7, 11) is 0. The van der Waals surface area contributed by atoms with E-state index >= 15 is 0 Å². The first-order valence-corrected chi connectivity index (χ1v) is 17.5. The molecule has 1 saturated heterocycles. The smallest absolute Gasteiger partial charge is 0.329 e. The summed E-state index contributed by atoms with van der Waals surface area (Å²) < 4.78 is 5.60. The van der Waals surface area contributed by atoms with Crippen LogP contribution in [0.25, 0.3) is 0 Å². The zero-order valence-electron chi connectivity index (χ0n) is 29.8. The normalized spacial score (nSPS) is 22.6. The predicted octanol–water partition coefficient (Wildman–Crippen LogP) is 3.59. The molecular weight excluding hydrogens is 602 g/mol. The zero-order chi connectivity index (χ0) is 35.3. The zero-order valence-corrected chi connectivity index (χ0v) is 29.8. The van der Waals surface area contributed by atoms with Crippen LogP contribution in [0.4, 0.5) is 4.79 Å². The lowest BCUT2D eigenvalue weighted by molar-refractivity contribution is -0.160. The number of hydrogen-bond donors (Lipinski definition) is 4. The van der Waals surface area contributed by atoms with Gasteiger partial charge in [0, 0.05) is 6.54 Å². The van der Waals surface area contributed by atoms with Gasteiger partial charge in [-0.2, -0.15) is 0 Å². The number of rotatable bonds is 13. The Morgan fingerprint density at radius 1 is 0.830 bits per heavy atom. The molecule has 47 heavy (non-hydrogen) atoms. The minimum atomic E-state index is -1.10. The van der Waals surface area contributed by atoms with Crippen molar-refractivity contribution >= 4 is 35.5 Å². The van der Waals surface area contributed by atoms with E-state index in [1.54, 1.807) is 25.7 Å². The summed E-state index contributed by atoms with van der Waals surface area (Å²) in [6.07, 6.45) is 7.72. The van der Waals surface area contributed by atoms with Crippen molar-refractivity contribution in [1.82, 2.24) is 20.9 Å². The largest absolute Gasteiger partial charge is 0.458 e. The maximum atomic E-state index is 14.5. The van der Waals surface area contributed by atoms with Crippen molar-refractivity contribution in [3.63, 3.8) is 0 Å². The fourth-order valence-corrected chi connectivity index (χ4v) is 6.94. The molecule has 3 aliphatic rings. The minimum Gasteiger partial charge on any atom is -0.458 e. The monoisotopic (exact) mass is 661 g/mol. The molecule has 5 amide bonds. The summed E-state index contributed by atoms with van der Waals surface area (Å²) in [5, 5.41) is 8.46. The van der Waals surface area contributed by atoms with Crippen LogP contribution in [0.3, 0.4) is 0 Å². The first-order valence-electron chi connectivity index (χ1n) is 17.5. The quantitative estimate of drug-likeness (QED) is 0.172. The van der Waals surface area contributed by atoms with Crippen LogP contribution < -0.4 is 21.7 Å². The Hall–Kier alpha value is -3.18. The van der Waals surface area contributed by atoms with Crippen molar-refractivity contribution in [1.29, 1.82) is 0 Å². The van der Waals surface area contributed by atoms with Crippen molar-refractivity contribution in [2.45, 2.75) is 149 Å². The maximum absolute atomic E-state index is 14.5. The van der Waals surface area contributed by atoms with Gasteiger partial charge in [-0.1, -0.05) is 66.7 Å². The summed E-state index contributed by atoms with van der Waals surface area (Å²) in [5.74, 6) is -2.88. The van der Waals surface area contributed by atoms with Gasteiger partial charge in [-0.05, 0) is 82.0 Å². The Morgan fingerprint density at radius 2 is 1.45 bits per heavy atom. The predicted molar refractivity (Wildman–Crippen MR) is 178 cm³/mol. The van der Waals surface area contributed by atoms with E-state index in [1.165, 1.54) is 0 Å². The number of nitrogens with one attached hydrogen (secondary N) is 3. The number of nitrogens with two attached hydrogens (primary N) is 1.